The Labute approximate surface area is 179 Å². The third-order valence-corrected chi connectivity index (χ3v) is 6.74. The standard InChI is InChI=1S/C19H33N5S.HI/c1-14-15(2)25-18(22-14)13-21-19(20-3)23-16-9-11-24(12-10-16)17-7-5-4-6-8-17;/h16-17H,4-13H2,1-3H3,(H2,20,21,23);1H. The first-order chi connectivity index (χ1) is 12.2. The molecule has 0 amide bonds. The van der Waals surface area contributed by atoms with E-state index in [9.17, 15) is 0 Å². The molecule has 1 aliphatic heterocycles. The average Bonchev–Trinajstić information content (AvgIpc) is 2.97. The minimum absolute atomic E-state index is 0. The van der Waals surface area contributed by atoms with E-state index in [-0.39, 0.29) is 24.0 Å². The van der Waals surface area contributed by atoms with Crippen LogP contribution in [0.25, 0.3) is 0 Å². The summed E-state index contributed by atoms with van der Waals surface area (Å²) in [5.41, 5.74) is 1.14. The summed E-state index contributed by atoms with van der Waals surface area (Å²) in [7, 11) is 1.85. The molecule has 0 unspecified atom stereocenters. The molecule has 1 aliphatic carbocycles. The summed E-state index contributed by atoms with van der Waals surface area (Å²) >= 11 is 1.77. The monoisotopic (exact) mass is 491 g/mol. The van der Waals surface area contributed by atoms with Gasteiger partial charge in [-0.15, -0.1) is 35.3 Å². The van der Waals surface area contributed by atoms with Gasteiger partial charge in [0, 0.05) is 37.1 Å². The van der Waals surface area contributed by atoms with Gasteiger partial charge in [0.1, 0.15) is 5.01 Å². The van der Waals surface area contributed by atoms with Crippen LogP contribution in [0.5, 0.6) is 0 Å². The van der Waals surface area contributed by atoms with E-state index < -0.39 is 0 Å². The molecular formula is C19H34IN5S. The van der Waals surface area contributed by atoms with Crippen LogP contribution in [-0.4, -0.2) is 48.1 Å². The van der Waals surface area contributed by atoms with Crippen LogP contribution >= 0.6 is 35.3 Å². The number of nitrogens with one attached hydrogen (secondary N) is 2. The van der Waals surface area contributed by atoms with Crippen LogP contribution < -0.4 is 10.6 Å². The van der Waals surface area contributed by atoms with E-state index in [2.05, 4.69) is 39.4 Å². The van der Waals surface area contributed by atoms with Gasteiger partial charge >= 0.3 is 0 Å². The second-order valence-electron chi connectivity index (χ2n) is 7.42. The van der Waals surface area contributed by atoms with Crippen LogP contribution in [0.4, 0.5) is 0 Å². The first-order valence-electron chi connectivity index (χ1n) is 9.80. The van der Waals surface area contributed by atoms with Gasteiger partial charge in [0.15, 0.2) is 5.96 Å². The molecule has 1 aromatic rings. The SMILES string of the molecule is CN=C(NCc1nc(C)c(C)s1)NC1CCN(C2CCCCC2)CC1.I. The Morgan fingerprint density at radius 2 is 1.85 bits per heavy atom. The van der Waals surface area contributed by atoms with Crippen LogP contribution in [0.3, 0.4) is 0 Å². The molecule has 2 heterocycles. The zero-order valence-corrected chi connectivity index (χ0v) is 19.5. The molecule has 2 fully saturated rings. The summed E-state index contributed by atoms with van der Waals surface area (Å²) in [6, 6.07) is 1.38. The topological polar surface area (TPSA) is 52.6 Å². The van der Waals surface area contributed by atoms with Gasteiger partial charge in [-0.3, -0.25) is 4.99 Å². The summed E-state index contributed by atoms with van der Waals surface area (Å²) in [5, 5.41) is 8.16. The number of aryl methyl sites for hydroxylation is 2. The highest BCUT2D eigenvalue weighted by atomic mass is 127. The van der Waals surface area contributed by atoms with Crippen LogP contribution in [0.2, 0.25) is 0 Å². The summed E-state index contributed by atoms with van der Waals surface area (Å²) in [4.78, 5) is 13.0. The Morgan fingerprint density at radius 3 is 2.42 bits per heavy atom. The summed E-state index contributed by atoms with van der Waals surface area (Å²) in [5.74, 6) is 0.904. The van der Waals surface area contributed by atoms with Gasteiger partial charge in [0.2, 0.25) is 0 Å². The van der Waals surface area contributed by atoms with Gasteiger partial charge in [-0.2, -0.15) is 0 Å². The van der Waals surface area contributed by atoms with Crippen LogP contribution in [0.1, 0.15) is 60.5 Å². The van der Waals surface area contributed by atoms with Gasteiger partial charge in [-0.25, -0.2) is 4.98 Å². The Bertz CT molecular complexity index is 555. The highest BCUT2D eigenvalue weighted by molar-refractivity contribution is 14.0. The number of hydrogen-bond donors (Lipinski definition) is 2. The van der Waals surface area contributed by atoms with Gasteiger partial charge in [-0.1, -0.05) is 19.3 Å². The molecule has 0 atom stereocenters. The molecule has 0 bridgehead atoms. The lowest BCUT2D eigenvalue weighted by Crippen LogP contribution is -2.50. The van der Waals surface area contributed by atoms with E-state index >= 15 is 0 Å². The highest BCUT2D eigenvalue weighted by Gasteiger charge is 2.26. The summed E-state index contributed by atoms with van der Waals surface area (Å²) < 4.78 is 0. The number of halogens is 1. The maximum atomic E-state index is 4.59. The van der Waals surface area contributed by atoms with Crippen molar-refractivity contribution in [3.8, 4) is 0 Å². The number of hydrogen-bond acceptors (Lipinski definition) is 4. The van der Waals surface area contributed by atoms with E-state index in [1.165, 1.54) is 62.9 Å². The molecular weight excluding hydrogens is 457 g/mol. The molecule has 3 rings (SSSR count). The van der Waals surface area contributed by atoms with Crippen LogP contribution in [-0.2, 0) is 6.54 Å². The van der Waals surface area contributed by atoms with Crippen molar-refractivity contribution in [2.45, 2.75) is 77.4 Å². The number of guanidine groups is 1. The van der Waals surface area contributed by atoms with E-state index in [1.54, 1.807) is 11.3 Å². The van der Waals surface area contributed by atoms with Gasteiger partial charge in [-0.05, 0) is 39.5 Å². The molecule has 0 aromatic carbocycles. The fourth-order valence-corrected chi connectivity index (χ4v) is 4.89. The third-order valence-electron chi connectivity index (χ3n) is 5.66. The number of likely N-dealkylation sites (tertiary alicyclic amines) is 1. The van der Waals surface area contributed by atoms with Crippen molar-refractivity contribution >= 4 is 41.3 Å². The van der Waals surface area contributed by atoms with Gasteiger partial charge in [0.25, 0.3) is 0 Å². The number of piperidine rings is 1. The molecule has 7 heteroatoms. The molecule has 0 radical (unpaired) electrons. The molecule has 2 N–H and O–H groups in total. The van der Waals surface area contributed by atoms with E-state index in [0.717, 1.165) is 29.2 Å². The zero-order valence-electron chi connectivity index (χ0n) is 16.4. The minimum Gasteiger partial charge on any atom is -0.354 e. The molecule has 148 valence electrons. The van der Waals surface area contributed by atoms with Crippen molar-refractivity contribution in [1.82, 2.24) is 20.5 Å². The van der Waals surface area contributed by atoms with Crippen molar-refractivity contribution in [3.05, 3.63) is 15.6 Å². The lowest BCUT2D eigenvalue weighted by Gasteiger charge is -2.39. The molecule has 1 saturated carbocycles. The maximum absolute atomic E-state index is 4.59. The number of aliphatic imine (C=N–C) groups is 1. The lowest BCUT2D eigenvalue weighted by molar-refractivity contribution is 0.119. The predicted octanol–water partition coefficient (Wildman–Crippen LogP) is 3.84. The van der Waals surface area contributed by atoms with Crippen LogP contribution in [0.15, 0.2) is 4.99 Å². The number of thiazole rings is 1. The zero-order chi connectivity index (χ0) is 17.6. The number of nitrogens with zero attached hydrogens (tertiary/aromatic N) is 3. The van der Waals surface area contributed by atoms with E-state index in [0.29, 0.717) is 6.04 Å². The van der Waals surface area contributed by atoms with Crippen molar-refractivity contribution < 1.29 is 0 Å². The molecule has 2 aliphatic rings. The van der Waals surface area contributed by atoms with E-state index in [1.807, 2.05) is 7.05 Å². The largest absolute Gasteiger partial charge is 0.354 e. The molecule has 1 aromatic heterocycles. The Hall–Kier alpha value is -0.410. The Morgan fingerprint density at radius 1 is 1.15 bits per heavy atom. The smallest absolute Gasteiger partial charge is 0.191 e. The van der Waals surface area contributed by atoms with Gasteiger partial charge in [0.05, 0.1) is 12.2 Å². The fourth-order valence-electron chi connectivity index (χ4n) is 4.02. The Balaban J connectivity index is 0.00000243. The predicted molar refractivity (Wildman–Crippen MR) is 122 cm³/mol. The summed E-state index contributed by atoms with van der Waals surface area (Å²) in [6.07, 6.45) is 9.54. The van der Waals surface area contributed by atoms with Crippen molar-refractivity contribution in [3.63, 3.8) is 0 Å². The van der Waals surface area contributed by atoms with E-state index in [4.69, 9.17) is 0 Å². The van der Waals surface area contributed by atoms with Crippen molar-refractivity contribution in [1.29, 1.82) is 0 Å². The van der Waals surface area contributed by atoms with Crippen LogP contribution in [0, 0.1) is 13.8 Å². The van der Waals surface area contributed by atoms with Gasteiger partial charge < -0.3 is 15.5 Å². The highest BCUT2D eigenvalue weighted by Crippen LogP contribution is 2.25. The number of rotatable bonds is 4. The average molecular weight is 491 g/mol. The minimum atomic E-state index is 0. The normalized spacial score (nSPS) is 20.7. The van der Waals surface area contributed by atoms with Crippen molar-refractivity contribution in [2.75, 3.05) is 20.1 Å². The maximum Gasteiger partial charge on any atom is 0.191 e. The fraction of sp³-hybridized carbons (Fsp3) is 0.789. The summed E-state index contributed by atoms with van der Waals surface area (Å²) in [6.45, 7) is 7.40. The first kappa shape index (κ1) is 21.9. The molecule has 1 saturated heterocycles. The Kier molecular flexibility index (Phi) is 9.09. The molecule has 5 nitrogen and oxygen atoms in total. The lowest BCUT2D eigenvalue weighted by atomic mass is 9.92. The third kappa shape index (κ3) is 6.05. The second kappa shape index (κ2) is 10.8. The number of aromatic nitrogens is 1. The first-order valence-corrected chi connectivity index (χ1v) is 10.6. The molecule has 0 spiro atoms. The van der Waals surface area contributed by atoms with Crippen molar-refractivity contribution in [2.24, 2.45) is 4.99 Å². The quantitative estimate of drug-likeness (QED) is 0.382. The molecule has 26 heavy (non-hydrogen) atoms. The second-order valence-corrected chi connectivity index (χ2v) is 8.71.